The molecule has 0 aliphatic rings. The predicted molar refractivity (Wildman–Crippen MR) is 79.3 cm³/mol. The Morgan fingerprint density at radius 2 is 1.35 bits per heavy atom. The van der Waals surface area contributed by atoms with Crippen molar-refractivity contribution in [1.29, 1.82) is 0 Å². The van der Waals surface area contributed by atoms with Gasteiger partial charge in [-0.1, -0.05) is 0 Å². The summed E-state index contributed by atoms with van der Waals surface area (Å²) in [6.07, 6.45) is -0.358. The van der Waals surface area contributed by atoms with Crippen LogP contribution in [0.4, 0.5) is 24.5 Å². The van der Waals surface area contributed by atoms with Crippen LogP contribution in [-0.2, 0) is 9.59 Å². The number of carbonyl (C=O) groups excluding carboxylic acids is 2. The Hall–Kier alpha value is -2.83. The van der Waals surface area contributed by atoms with Crippen LogP contribution in [0.2, 0.25) is 0 Å². The average molecular weight is 322 g/mol. The van der Waals surface area contributed by atoms with Crippen molar-refractivity contribution in [3.05, 3.63) is 59.9 Å². The maximum absolute atomic E-state index is 13.4. The number of carbonyl (C=O) groups is 2. The summed E-state index contributed by atoms with van der Waals surface area (Å²) in [5, 5.41) is 4.68. The average Bonchev–Trinajstić information content (AvgIpc) is 2.51. The number of anilines is 2. The first-order chi connectivity index (χ1) is 10.9. The molecule has 4 nitrogen and oxygen atoms in total. The van der Waals surface area contributed by atoms with Gasteiger partial charge in [-0.05, 0) is 36.4 Å². The smallest absolute Gasteiger partial charge is 0.224 e. The molecule has 0 aliphatic heterocycles. The van der Waals surface area contributed by atoms with E-state index in [0.717, 1.165) is 18.2 Å². The van der Waals surface area contributed by atoms with Crippen molar-refractivity contribution >= 4 is 23.2 Å². The maximum atomic E-state index is 13.4. The Bertz CT molecular complexity index is 718. The molecule has 0 atom stereocenters. The van der Waals surface area contributed by atoms with E-state index in [2.05, 4.69) is 10.6 Å². The van der Waals surface area contributed by atoms with Gasteiger partial charge >= 0.3 is 0 Å². The molecule has 0 spiro atoms. The van der Waals surface area contributed by atoms with Gasteiger partial charge in [0.1, 0.15) is 17.5 Å². The van der Waals surface area contributed by atoms with E-state index in [1.165, 1.54) is 24.3 Å². The van der Waals surface area contributed by atoms with E-state index in [1.807, 2.05) is 0 Å². The predicted octanol–water partition coefficient (Wildman–Crippen LogP) is 3.46. The van der Waals surface area contributed by atoms with E-state index in [-0.39, 0.29) is 18.5 Å². The van der Waals surface area contributed by atoms with Gasteiger partial charge in [-0.25, -0.2) is 13.2 Å². The van der Waals surface area contributed by atoms with Crippen molar-refractivity contribution < 1.29 is 22.8 Å². The van der Waals surface area contributed by atoms with Crippen LogP contribution in [0.1, 0.15) is 12.8 Å². The summed E-state index contributed by atoms with van der Waals surface area (Å²) in [5.41, 5.74) is 0.113. The molecule has 2 aromatic carbocycles. The molecule has 0 saturated carbocycles. The monoisotopic (exact) mass is 322 g/mol. The zero-order chi connectivity index (χ0) is 16.8. The lowest BCUT2D eigenvalue weighted by Crippen LogP contribution is -2.17. The van der Waals surface area contributed by atoms with Crippen LogP contribution in [0.25, 0.3) is 0 Å². The fourth-order valence-corrected chi connectivity index (χ4v) is 1.79. The van der Waals surface area contributed by atoms with Gasteiger partial charge in [0.15, 0.2) is 0 Å². The molecule has 2 amide bonds. The summed E-state index contributed by atoms with van der Waals surface area (Å²) >= 11 is 0. The summed E-state index contributed by atoms with van der Waals surface area (Å²) in [6.45, 7) is 0. The highest BCUT2D eigenvalue weighted by Gasteiger charge is 2.11. The van der Waals surface area contributed by atoms with Crippen molar-refractivity contribution in [2.45, 2.75) is 12.8 Å². The van der Waals surface area contributed by atoms with Crippen molar-refractivity contribution in [3.63, 3.8) is 0 Å². The number of hydrogen-bond acceptors (Lipinski definition) is 2. The zero-order valence-electron chi connectivity index (χ0n) is 11.9. The fourth-order valence-electron chi connectivity index (χ4n) is 1.79. The summed E-state index contributed by atoms with van der Waals surface area (Å²) in [6, 6.07) is 7.83. The summed E-state index contributed by atoms with van der Waals surface area (Å²) in [5.74, 6) is -2.96. The quantitative estimate of drug-likeness (QED) is 0.885. The van der Waals surface area contributed by atoms with Gasteiger partial charge in [-0.2, -0.15) is 0 Å². The topological polar surface area (TPSA) is 58.2 Å². The molecule has 23 heavy (non-hydrogen) atoms. The molecule has 0 saturated heterocycles. The van der Waals surface area contributed by atoms with Crippen LogP contribution in [0.3, 0.4) is 0 Å². The summed E-state index contributed by atoms with van der Waals surface area (Å²) in [7, 11) is 0. The summed E-state index contributed by atoms with van der Waals surface area (Å²) < 4.78 is 39.1. The molecule has 7 heteroatoms. The van der Waals surface area contributed by atoms with Crippen LogP contribution < -0.4 is 10.6 Å². The van der Waals surface area contributed by atoms with Crippen LogP contribution >= 0.6 is 0 Å². The van der Waals surface area contributed by atoms with Crippen LogP contribution in [-0.4, -0.2) is 11.8 Å². The number of rotatable bonds is 5. The molecule has 0 unspecified atom stereocenters. The lowest BCUT2D eigenvalue weighted by atomic mass is 10.2. The van der Waals surface area contributed by atoms with Crippen molar-refractivity contribution in [2.75, 3.05) is 10.6 Å². The second-order valence-electron chi connectivity index (χ2n) is 4.73. The Morgan fingerprint density at radius 1 is 0.783 bits per heavy atom. The molecule has 2 aromatic rings. The lowest BCUT2D eigenvalue weighted by Gasteiger charge is -2.07. The molecule has 2 N–H and O–H groups in total. The second-order valence-corrected chi connectivity index (χ2v) is 4.73. The third-order valence-electron chi connectivity index (χ3n) is 2.91. The van der Waals surface area contributed by atoms with Crippen LogP contribution in [0, 0.1) is 17.5 Å². The van der Waals surface area contributed by atoms with Gasteiger partial charge in [0.25, 0.3) is 0 Å². The first kappa shape index (κ1) is 16.5. The van der Waals surface area contributed by atoms with Crippen LogP contribution in [0.5, 0.6) is 0 Å². The molecule has 120 valence electrons. The van der Waals surface area contributed by atoms with Gasteiger partial charge in [0.05, 0.1) is 5.69 Å². The third kappa shape index (κ3) is 5.14. The first-order valence-corrected chi connectivity index (χ1v) is 6.74. The van der Waals surface area contributed by atoms with Crippen LogP contribution in [0.15, 0.2) is 42.5 Å². The minimum Gasteiger partial charge on any atom is -0.326 e. The van der Waals surface area contributed by atoms with Gasteiger partial charge in [-0.15, -0.1) is 0 Å². The Kier molecular flexibility index (Phi) is 5.35. The fraction of sp³-hybridized carbons (Fsp3) is 0.125. The van der Waals surface area contributed by atoms with E-state index >= 15 is 0 Å². The standard InChI is InChI=1S/C16H13F3N2O2/c17-10-1-4-12(5-2-10)20-15(22)7-8-16(23)21-14-9-11(18)3-6-13(14)19/h1-6,9H,7-8H2,(H,20,22)(H,21,23). The van der Waals surface area contributed by atoms with Crippen molar-refractivity contribution in [2.24, 2.45) is 0 Å². The molecular formula is C16H13F3N2O2. The minimum atomic E-state index is -0.768. The Labute approximate surface area is 130 Å². The first-order valence-electron chi connectivity index (χ1n) is 6.74. The van der Waals surface area contributed by atoms with E-state index < -0.39 is 29.3 Å². The molecule has 0 radical (unpaired) electrons. The molecule has 0 fully saturated rings. The third-order valence-corrected chi connectivity index (χ3v) is 2.91. The van der Waals surface area contributed by atoms with Crippen molar-refractivity contribution in [3.8, 4) is 0 Å². The Balaban J connectivity index is 1.83. The minimum absolute atomic E-state index is 0.153. The number of hydrogen-bond donors (Lipinski definition) is 2. The molecule has 2 rings (SSSR count). The normalized spacial score (nSPS) is 10.2. The van der Waals surface area contributed by atoms with E-state index in [1.54, 1.807) is 0 Å². The zero-order valence-corrected chi connectivity index (χ0v) is 11.9. The van der Waals surface area contributed by atoms with Gasteiger partial charge in [0.2, 0.25) is 11.8 Å². The number of halogens is 3. The highest BCUT2D eigenvalue weighted by atomic mass is 19.1. The van der Waals surface area contributed by atoms with Gasteiger partial charge in [-0.3, -0.25) is 9.59 Å². The number of nitrogens with one attached hydrogen (secondary N) is 2. The van der Waals surface area contributed by atoms with Crippen molar-refractivity contribution in [1.82, 2.24) is 0 Å². The molecule has 0 heterocycles. The van der Waals surface area contributed by atoms with E-state index in [0.29, 0.717) is 5.69 Å². The molecular weight excluding hydrogens is 309 g/mol. The molecule has 0 bridgehead atoms. The van der Waals surface area contributed by atoms with E-state index in [9.17, 15) is 22.8 Å². The highest BCUT2D eigenvalue weighted by molar-refractivity contribution is 5.96. The van der Waals surface area contributed by atoms with Gasteiger partial charge < -0.3 is 10.6 Å². The number of benzene rings is 2. The Morgan fingerprint density at radius 3 is 2.00 bits per heavy atom. The maximum Gasteiger partial charge on any atom is 0.224 e. The SMILES string of the molecule is O=C(CCC(=O)Nc1cc(F)ccc1F)Nc1ccc(F)cc1. The lowest BCUT2D eigenvalue weighted by molar-refractivity contribution is -0.121. The largest absolute Gasteiger partial charge is 0.326 e. The number of amides is 2. The second kappa shape index (κ2) is 7.44. The highest BCUT2D eigenvalue weighted by Crippen LogP contribution is 2.16. The van der Waals surface area contributed by atoms with Gasteiger partial charge in [0, 0.05) is 24.6 Å². The molecule has 0 aliphatic carbocycles. The molecule has 0 aromatic heterocycles. The van der Waals surface area contributed by atoms with E-state index in [4.69, 9.17) is 0 Å². The summed E-state index contributed by atoms with van der Waals surface area (Å²) in [4.78, 5) is 23.3.